The van der Waals surface area contributed by atoms with E-state index in [-0.39, 0.29) is 5.92 Å². The van der Waals surface area contributed by atoms with E-state index in [1.165, 1.54) is 16.8 Å². The van der Waals surface area contributed by atoms with Gasteiger partial charge in [0.05, 0.1) is 0 Å². The van der Waals surface area contributed by atoms with Crippen LogP contribution in [0.1, 0.15) is 13.3 Å². The fourth-order valence-electron chi connectivity index (χ4n) is 2.85. The van der Waals surface area contributed by atoms with Crippen LogP contribution in [0.5, 0.6) is 0 Å². The molecule has 0 radical (unpaired) electrons. The van der Waals surface area contributed by atoms with E-state index >= 15 is 0 Å². The fourth-order valence-corrected chi connectivity index (χ4v) is 2.85. The van der Waals surface area contributed by atoms with Gasteiger partial charge in [0.2, 0.25) is 0 Å². The van der Waals surface area contributed by atoms with Crippen LogP contribution in [0.2, 0.25) is 0 Å². The van der Waals surface area contributed by atoms with Crippen molar-refractivity contribution in [2.24, 2.45) is 5.92 Å². The molecular formula is C18H19NO. The molecule has 20 heavy (non-hydrogen) atoms. The summed E-state index contributed by atoms with van der Waals surface area (Å²) in [5, 5.41) is 0. The Balaban J connectivity index is 1.96. The van der Waals surface area contributed by atoms with Gasteiger partial charge in [0.15, 0.2) is 0 Å². The van der Waals surface area contributed by atoms with Crippen LogP contribution in [0.25, 0.3) is 11.1 Å². The third-order valence-electron chi connectivity index (χ3n) is 4.00. The first-order valence-electron chi connectivity index (χ1n) is 7.18. The van der Waals surface area contributed by atoms with Crippen molar-refractivity contribution in [2.45, 2.75) is 13.3 Å². The molecule has 1 saturated heterocycles. The molecule has 1 atom stereocenters. The van der Waals surface area contributed by atoms with Gasteiger partial charge in [-0.1, -0.05) is 55.5 Å². The maximum atomic E-state index is 11.7. The lowest BCUT2D eigenvalue weighted by atomic mass is 9.96. The standard InChI is InChI=1S/C18H19NO/c1-14-13-19(12-11-18(14)20)17-10-6-5-9-16(17)15-7-3-2-4-8-15/h2-10,14H,11-13H2,1H3. The van der Waals surface area contributed by atoms with Crippen molar-refractivity contribution in [1.82, 2.24) is 0 Å². The van der Waals surface area contributed by atoms with Gasteiger partial charge in [0.1, 0.15) is 5.78 Å². The van der Waals surface area contributed by atoms with E-state index < -0.39 is 0 Å². The second-order valence-corrected chi connectivity index (χ2v) is 5.45. The van der Waals surface area contributed by atoms with Gasteiger partial charge in [-0.3, -0.25) is 4.79 Å². The van der Waals surface area contributed by atoms with E-state index in [1.807, 2.05) is 13.0 Å². The van der Waals surface area contributed by atoms with Gasteiger partial charge in [-0.05, 0) is 11.6 Å². The summed E-state index contributed by atoms with van der Waals surface area (Å²) in [6.45, 7) is 3.68. The molecule has 0 aromatic heterocycles. The molecule has 1 aliphatic heterocycles. The average Bonchev–Trinajstić information content (AvgIpc) is 2.51. The smallest absolute Gasteiger partial charge is 0.139 e. The molecule has 2 aromatic carbocycles. The highest BCUT2D eigenvalue weighted by molar-refractivity contribution is 5.85. The number of ketones is 1. The van der Waals surface area contributed by atoms with Crippen molar-refractivity contribution >= 4 is 11.5 Å². The largest absolute Gasteiger partial charge is 0.370 e. The molecule has 2 nitrogen and oxygen atoms in total. The number of anilines is 1. The van der Waals surface area contributed by atoms with Gasteiger partial charge in [0, 0.05) is 36.7 Å². The van der Waals surface area contributed by atoms with E-state index in [2.05, 4.69) is 53.4 Å². The third kappa shape index (κ3) is 2.46. The Morgan fingerprint density at radius 1 is 1.00 bits per heavy atom. The first-order valence-corrected chi connectivity index (χ1v) is 7.18. The molecule has 102 valence electrons. The molecule has 0 aliphatic carbocycles. The van der Waals surface area contributed by atoms with E-state index in [9.17, 15) is 4.79 Å². The van der Waals surface area contributed by atoms with Gasteiger partial charge in [0.25, 0.3) is 0 Å². The second-order valence-electron chi connectivity index (χ2n) is 5.45. The third-order valence-corrected chi connectivity index (χ3v) is 4.00. The number of rotatable bonds is 2. The number of Topliss-reactive ketones (excluding diaryl/α,β-unsaturated/α-hetero) is 1. The van der Waals surface area contributed by atoms with Crippen LogP contribution in [-0.2, 0) is 4.79 Å². The quantitative estimate of drug-likeness (QED) is 0.824. The van der Waals surface area contributed by atoms with E-state index in [0.717, 1.165) is 13.1 Å². The molecule has 0 saturated carbocycles. The van der Waals surface area contributed by atoms with Gasteiger partial charge in [-0.15, -0.1) is 0 Å². The maximum absolute atomic E-state index is 11.7. The summed E-state index contributed by atoms with van der Waals surface area (Å²) in [5.74, 6) is 0.519. The molecule has 3 rings (SSSR count). The Bertz CT molecular complexity index is 606. The van der Waals surface area contributed by atoms with E-state index in [0.29, 0.717) is 12.2 Å². The van der Waals surface area contributed by atoms with Crippen LogP contribution < -0.4 is 4.90 Å². The number of hydrogen-bond acceptors (Lipinski definition) is 2. The summed E-state index contributed by atoms with van der Waals surface area (Å²) in [5.41, 5.74) is 3.71. The zero-order valence-corrected chi connectivity index (χ0v) is 11.8. The molecule has 0 N–H and O–H groups in total. The Kier molecular flexibility index (Phi) is 3.55. The summed E-state index contributed by atoms with van der Waals surface area (Å²) in [6.07, 6.45) is 0.657. The summed E-state index contributed by atoms with van der Waals surface area (Å²) in [4.78, 5) is 14.0. The minimum atomic E-state index is 0.132. The Morgan fingerprint density at radius 3 is 2.45 bits per heavy atom. The number of piperidine rings is 1. The fraction of sp³-hybridized carbons (Fsp3) is 0.278. The highest BCUT2D eigenvalue weighted by Gasteiger charge is 2.24. The molecule has 0 amide bonds. The monoisotopic (exact) mass is 265 g/mol. The minimum Gasteiger partial charge on any atom is -0.370 e. The van der Waals surface area contributed by atoms with Crippen molar-refractivity contribution in [2.75, 3.05) is 18.0 Å². The normalized spacial score (nSPS) is 19.1. The molecule has 1 unspecified atom stereocenters. The molecule has 1 heterocycles. The van der Waals surface area contributed by atoms with Gasteiger partial charge in [-0.2, -0.15) is 0 Å². The Hall–Kier alpha value is -2.09. The van der Waals surface area contributed by atoms with Crippen LogP contribution in [0.3, 0.4) is 0 Å². The summed E-state index contributed by atoms with van der Waals surface area (Å²) < 4.78 is 0. The Morgan fingerprint density at radius 2 is 1.70 bits per heavy atom. The molecule has 0 bridgehead atoms. The zero-order valence-electron chi connectivity index (χ0n) is 11.8. The molecule has 2 aromatic rings. The Labute approximate surface area is 120 Å². The first-order chi connectivity index (χ1) is 9.75. The second kappa shape index (κ2) is 5.49. The topological polar surface area (TPSA) is 20.3 Å². The number of benzene rings is 2. The number of carbonyl (C=O) groups excluding carboxylic acids is 1. The zero-order chi connectivity index (χ0) is 13.9. The van der Waals surface area contributed by atoms with Crippen LogP contribution in [0.15, 0.2) is 54.6 Å². The predicted octanol–water partition coefficient (Wildman–Crippen LogP) is 3.77. The number of hydrogen-bond donors (Lipinski definition) is 0. The summed E-state index contributed by atoms with van der Waals surface area (Å²) >= 11 is 0. The number of para-hydroxylation sites is 1. The molecule has 1 fully saturated rings. The molecule has 1 aliphatic rings. The molecule has 0 spiro atoms. The minimum absolute atomic E-state index is 0.132. The van der Waals surface area contributed by atoms with Gasteiger partial charge < -0.3 is 4.90 Å². The summed E-state index contributed by atoms with van der Waals surface area (Å²) in [7, 11) is 0. The number of nitrogens with zero attached hydrogens (tertiary/aromatic N) is 1. The average molecular weight is 265 g/mol. The predicted molar refractivity (Wildman–Crippen MR) is 82.9 cm³/mol. The van der Waals surface area contributed by atoms with E-state index in [4.69, 9.17) is 0 Å². The first kappa shape index (κ1) is 12.9. The van der Waals surface area contributed by atoms with Crippen LogP contribution in [0, 0.1) is 5.92 Å². The van der Waals surface area contributed by atoms with Gasteiger partial charge >= 0.3 is 0 Å². The SMILES string of the molecule is CC1CN(c2ccccc2-c2ccccc2)CCC1=O. The van der Waals surface area contributed by atoms with Crippen LogP contribution >= 0.6 is 0 Å². The summed E-state index contributed by atoms with van der Waals surface area (Å²) in [6, 6.07) is 18.9. The highest BCUT2D eigenvalue weighted by Crippen LogP contribution is 2.32. The van der Waals surface area contributed by atoms with Crippen LogP contribution in [-0.4, -0.2) is 18.9 Å². The lowest BCUT2D eigenvalue weighted by Crippen LogP contribution is -2.39. The lowest BCUT2D eigenvalue weighted by molar-refractivity contribution is -0.122. The highest BCUT2D eigenvalue weighted by atomic mass is 16.1. The van der Waals surface area contributed by atoms with Crippen molar-refractivity contribution in [3.63, 3.8) is 0 Å². The number of carbonyl (C=O) groups is 1. The molecular weight excluding hydrogens is 246 g/mol. The van der Waals surface area contributed by atoms with Crippen molar-refractivity contribution in [3.8, 4) is 11.1 Å². The molecule has 2 heteroatoms. The van der Waals surface area contributed by atoms with Crippen molar-refractivity contribution < 1.29 is 4.79 Å². The lowest BCUT2D eigenvalue weighted by Gasteiger charge is -2.33. The van der Waals surface area contributed by atoms with Gasteiger partial charge in [-0.25, -0.2) is 0 Å². The van der Waals surface area contributed by atoms with Crippen LogP contribution in [0.4, 0.5) is 5.69 Å². The van der Waals surface area contributed by atoms with Crippen molar-refractivity contribution in [3.05, 3.63) is 54.6 Å². The maximum Gasteiger partial charge on any atom is 0.139 e. The van der Waals surface area contributed by atoms with Crippen molar-refractivity contribution in [1.29, 1.82) is 0 Å². The van der Waals surface area contributed by atoms with E-state index in [1.54, 1.807) is 0 Å².